The van der Waals surface area contributed by atoms with E-state index in [2.05, 4.69) is 11.8 Å². The van der Waals surface area contributed by atoms with Crippen molar-refractivity contribution in [2.75, 3.05) is 25.4 Å². The molecular formula is C25H32FN3O5S. The zero-order valence-electron chi connectivity index (χ0n) is 20.0. The van der Waals surface area contributed by atoms with Gasteiger partial charge in [-0.25, -0.2) is 17.9 Å². The van der Waals surface area contributed by atoms with Crippen LogP contribution in [0, 0.1) is 5.82 Å². The van der Waals surface area contributed by atoms with E-state index < -0.39 is 21.6 Å². The van der Waals surface area contributed by atoms with E-state index in [0.29, 0.717) is 30.9 Å². The number of halogens is 1. The number of carbonyl (C=O) groups excluding carboxylic acids is 2. The van der Waals surface area contributed by atoms with Gasteiger partial charge >= 0.3 is 0 Å². The molecule has 2 aromatic rings. The number of Topliss-reactive ketones (excluding diaryl/α,β-unsaturated/α-hetero) is 1. The quantitative estimate of drug-likeness (QED) is 0.530. The molecule has 2 atom stereocenters. The number of rotatable bonds is 10. The maximum atomic E-state index is 13.2. The van der Waals surface area contributed by atoms with Crippen molar-refractivity contribution >= 4 is 21.7 Å². The number of hydrogen-bond donors (Lipinski definition) is 1. The molecule has 1 heterocycles. The Morgan fingerprint density at radius 2 is 1.74 bits per heavy atom. The minimum Gasteiger partial charge on any atom is -0.483 e. The van der Waals surface area contributed by atoms with Gasteiger partial charge in [-0.15, -0.1) is 0 Å². The first-order valence-corrected chi connectivity index (χ1v) is 13.2. The third-order valence-corrected chi connectivity index (χ3v) is 6.82. The molecule has 1 fully saturated rings. The normalized spacial score (nSPS) is 18.9. The summed E-state index contributed by atoms with van der Waals surface area (Å²) >= 11 is 0. The number of para-hydroxylation sites is 1. The smallest absolute Gasteiger partial charge is 0.260 e. The monoisotopic (exact) mass is 505 g/mol. The van der Waals surface area contributed by atoms with Gasteiger partial charge in [-0.1, -0.05) is 30.3 Å². The van der Waals surface area contributed by atoms with Gasteiger partial charge in [0.1, 0.15) is 23.1 Å². The number of nitrogens with zero attached hydrogens (tertiary/aromatic N) is 2. The molecule has 0 aliphatic carbocycles. The van der Waals surface area contributed by atoms with Crippen LogP contribution in [0.15, 0.2) is 48.5 Å². The van der Waals surface area contributed by atoms with Crippen LogP contribution in [0.5, 0.6) is 5.75 Å². The molecule has 0 spiro atoms. The Kier molecular flexibility index (Phi) is 8.98. The van der Waals surface area contributed by atoms with Crippen LogP contribution in [-0.2, 0) is 32.6 Å². The molecule has 8 nitrogen and oxygen atoms in total. The number of primary sulfonamides is 1. The number of aryl methyl sites for hydroxylation is 1. The van der Waals surface area contributed by atoms with Gasteiger partial charge in [-0.05, 0) is 49.6 Å². The van der Waals surface area contributed by atoms with Crippen molar-refractivity contribution in [3.63, 3.8) is 0 Å². The summed E-state index contributed by atoms with van der Waals surface area (Å²) in [7, 11) is -3.85. The third kappa shape index (κ3) is 8.12. The lowest BCUT2D eigenvalue weighted by Crippen LogP contribution is -2.58. The van der Waals surface area contributed by atoms with Gasteiger partial charge in [0.15, 0.2) is 6.61 Å². The van der Waals surface area contributed by atoms with Crippen LogP contribution in [0.1, 0.15) is 31.4 Å². The summed E-state index contributed by atoms with van der Waals surface area (Å²) < 4.78 is 41.2. The summed E-state index contributed by atoms with van der Waals surface area (Å²) in [6.45, 7) is 5.83. The lowest BCUT2D eigenvalue weighted by atomic mass is 10.1. The van der Waals surface area contributed by atoms with Gasteiger partial charge in [0.2, 0.25) is 10.0 Å². The Bertz CT molecular complexity index is 1140. The lowest BCUT2D eigenvalue weighted by molar-refractivity contribution is -0.139. The van der Waals surface area contributed by atoms with Gasteiger partial charge in [-0.2, -0.15) is 0 Å². The molecule has 0 radical (unpaired) electrons. The van der Waals surface area contributed by atoms with E-state index in [0.717, 1.165) is 5.56 Å². The van der Waals surface area contributed by atoms with Gasteiger partial charge in [0.05, 0.1) is 0 Å². The maximum absolute atomic E-state index is 13.2. The minimum atomic E-state index is -3.85. The summed E-state index contributed by atoms with van der Waals surface area (Å²) in [6, 6.07) is 13.6. The molecule has 0 bridgehead atoms. The Labute approximate surface area is 205 Å². The van der Waals surface area contributed by atoms with Crippen molar-refractivity contribution in [3.05, 3.63) is 65.5 Å². The highest BCUT2D eigenvalue weighted by molar-refractivity contribution is 7.89. The molecule has 1 saturated heterocycles. The summed E-state index contributed by atoms with van der Waals surface area (Å²) in [5.41, 5.74) is 1.74. The van der Waals surface area contributed by atoms with Crippen LogP contribution < -0.4 is 9.88 Å². The summed E-state index contributed by atoms with van der Waals surface area (Å²) in [5, 5.41) is 4.93. The molecular weight excluding hydrogens is 473 g/mol. The van der Waals surface area contributed by atoms with Crippen molar-refractivity contribution in [2.45, 2.75) is 45.3 Å². The van der Waals surface area contributed by atoms with Crippen molar-refractivity contribution in [1.29, 1.82) is 0 Å². The van der Waals surface area contributed by atoms with Crippen LogP contribution in [0.2, 0.25) is 0 Å². The Morgan fingerprint density at radius 1 is 1.06 bits per heavy atom. The number of carbonyl (C=O) groups is 2. The number of amides is 1. The lowest BCUT2D eigenvalue weighted by Gasteiger charge is -2.44. The number of benzene rings is 2. The molecule has 10 heteroatoms. The second kappa shape index (κ2) is 11.7. The molecule has 2 N–H and O–H groups in total. The molecule has 190 valence electrons. The topological polar surface area (TPSA) is 110 Å². The van der Waals surface area contributed by atoms with E-state index in [-0.39, 0.29) is 43.3 Å². The van der Waals surface area contributed by atoms with E-state index in [1.165, 1.54) is 12.1 Å². The number of nitrogens with two attached hydrogens (primary N) is 1. The summed E-state index contributed by atoms with van der Waals surface area (Å²) in [6.07, 6.45) is 0.295. The van der Waals surface area contributed by atoms with Gasteiger partial charge < -0.3 is 9.64 Å². The van der Waals surface area contributed by atoms with E-state index in [1.54, 1.807) is 36.4 Å². The van der Waals surface area contributed by atoms with Crippen LogP contribution in [0.4, 0.5) is 4.39 Å². The fourth-order valence-corrected chi connectivity index (χ4v) is 4.83. The van der Waals surface area contributed by atoms with E-state index in [4.69, 9.17) is 9.88 Å². The standard InChI is InChI=1S/C25H32FN3O5S/c1-18-14-29(19(2)13-28(18)15-20-7-10-22(26)11-8-20)25(31)16-34-24-6-4-3-5-21(24)9-12-23(30)17-35(27,32)33/h3-8,10-11,18-19H,9,12-17H2,1-2H3,(H2,27,32,33)/t18-,19+/m0/s1. The van der Waals surface area contributed by atoms with Crippen LogP contribution >= 0.6 is 0 Å². The first-order valence-electron chi connectivity index (χ1n) is 11.5. The molecule has 1 aliphatic rings. The third-order valence-electron chi connectivity index (χ3n) is 6.09. The van der Waals surface area contributed by atoms with E-state index >= 15 is 0 Å². The fraction of sp³-hybridized carbons (Fsp3) is 0.440. The number of ketones is 1. The number of ether oxygens (including phenoxy) is 1. The van der Waals surface area contributed by atoms with Gasteiger partial charge in [0, 0.05) is 38.1 Å². The average Bonchev–Trinajstić information content (AvgIpc) is 2.79. The Balaban J connectivity index is 1.54. The van der Waals surface area contributed by atoms with Crippen molar-refractivity contribution < 1.29 is 27.1 Å². The second-order valence-electron chi connectivity index (χ2n) is 9.04. The van der Waals surface area contributed by atoms with Crippen LogP contribution in [0.25, 0.3) is 0 Å². The van der Waals surface area contributed by atoms with Crippen molar-refractivity contribution in [2.24, 2.45) is 5.14 Å². The highest BCUT2D eigenvalue weighted by Crippen LogP contribution is 2.22. The Hall–Kier alpha value is -2.82. The molecule has 35 heavy (non-hydrogen) atoms. The van der Waals surface area contributed by atoms with E-state index in [1.807, 2.05) is 11.8 Å². The molecule has 0 aromatic heterocycles. The summed E-state index contributed by atoms with van der Waals surface area (Å²) in [4.78, 5) is 28.9. The maximum Gasteiger partial charge on any atom is 0.260 e. The van der Waals surface area contributed by atoms with Gasteiger partial charge in [0.25, 0.3) is 5.91 Å². The highest BCUT2D eigenvalue weighted by Gasteiger charge is 2.32. The first-order chi connectivity index (χ1) is 16.5. The highest BCUT2D eigenvalue weighted by atomic mass is 32.2. The molecule has 0 saturated carbocycles. The number of piperazine rings is 1. The first kappa shape index (κ1) is 26.8. The molecule has 2 aromatic carbocycles. The molecule has 1 aliphatic heterocycles. The predicted molar refractivity (Wildman–Crippen MR) is 131 cm³/mol. The summed E-state index contributed by atoms with van der Waals surface area (Å²) in [5.74, 6) is -1.08. The largest absolute Gasteiger partial charge is 0.483 e. The fourth-order valence-electron chi connectivity index (χ4n) is 4.23. The van der Waals surface area contributed by atoms with Crippen LogP contribution in [-0.4, -0.2) is 67.4 Å². The SMILES string of the molecule is C[C@@H]1CN(Cc2ccc(F)cc2)[C@@H](C)CN1C(=O)COc1ccccc1CCC(=O)CS(N)(=O)=O. The molecule has 0 unspecified atom stereocenters. The Morgan fingerprint density at radius 3 is 2.43 bits per heavy atom. The average molecular weight is 506 g/mol. The second-order valence-corrected chi connectivity index (χ2v) is 10.7. The van der Waals surface area contributed by atoms with Crippen molar-refractivity contribution in [1.82, 2.24) is 9.80 Å². The van der Waals surface area contributed by atoms with Crippen molar-refractivity contribution in [3.8, 4) is 5.75 Å². The van der Waals surface area contributed by atoms with Crippen LogP contribution in [0.3, 0.4) is 0 Å². The number of sulfonamides is 1. The minimum absolute atomic E-state index is 0.00924. The zero-order valence-corrected chi connectivity index (χ0v) is 20.8. The molecule has 1 amide bonds. The van der Waals surface area contributed by atoms with E-state index in [9.17, 15) is 22.4 Å². The molecule has 3 rings (SSSR count). The predicted octanol–water partition coefficient (Wildman–Crippen LogP) is 2.12. The zero-order chi connectivity index (χ0) is 25.6. The number of hydrogen-bond acceptors (Lipinski definition) is 6. The van der Waals surface area contributed by atoms with Gasteiger partial charge in [-0.3, -0.25) is 14.5 Å².